The number of esters is 1. The molecular formula is C10H15N3O4S. The highest BCUT2D eigenvalue weighted by Crippen LogP contribution is 2.15. The van der Waals surface area contributed by atoms with Crippen LogP contribution in [-0.2, 0) is 19.6 Å². The summed E-state index contributed by atoms with van der Waals surface area (Å²) in [6, 6.07) is 2.73. The van der Waals surface area contributed by atoms with Crippen molar-refractivity contribution in [3.63, 3.8) is 0 Å². The summed E-state index contributed by atoms with van der Waals surface area (Å²) in [6.45, 7) is 1.45. The maximum atomic E-state index is 12.2. The van der Waals surface area contributed by atoms with Crippen LogP contribution in [-0.4, -0.2) is 43.9 Å². The molecule has 1 rings (SSSR count). The highest BCUT2D eigenvalue weighted by molar-refractivity contribution is 7.89. The van der Waals surface area contributed by atoms with Crippen molar-refractivity contribution in [2.45, 2.75) is 11.8 Å². The van der Waals surface area contributed by atoms with E-state index in [1.54, 1.807) is 6.92 Å². The van der Waals surface area contributed by atoms with Gasteiger partial charge in [-0.05, 0) is 12.1 Å². The van der Waals surface area contributed by atoms with Crippen LogP contribution in [0.5, 0.6) is 0 Å². The quantitative estimate of drug-likeness (QED) is 0.748. The van der Waals surface area contributed by atoms with Gasteiger partial charge in [0.25, 0.3) is 0 Å². The maximum absolute atomic E-state index is 12.2. The Morgan fingerprint density at radius 2 is 2.17 bits per heavy atom. The fourth-order valence-corrected chi connectivity index (χ4v) is 2.61. The van der Waals surface area contributed by atoms with Crippen molar-refractivity contribution >= 4 is 21.8 Å². The van der Waals surface area contributed by atoms with Gasteiger partial charge in [0, 0.05) is 12.7 Å². The Morgan fingerprint density at radius 3 is 2.61 bits per heavy atom. The van der Waals surface area contributed by atoms with Gasteiger partial charge >= 0.3 is 5.97 Å². The van der Waals surface area contributed by atoms with Gasteiger partial charge in [-0.1, -0.05) is 6.92 Å². The van der Waals surface area contributed by atoms with Crippen LogP contribution in [0.1, 0.15) is 6.92 Å². The van der Waals surface area contributed by atoms with Crippen molar-refractivity contribution in [3.8, 4) is 0 Å². The second kappa shape index (κ2) is 5.78. The summed E-state index contributed by atoms with van der Waals surface area (Å²) < 4.78 is 29.8. The molecule has 0 aliphatic heterocycles. The van der Waals surface area contributed by atoms with Crippen molar-refractivity contribution in [3.05, 3.63) is 18.3 Å². The Balaban J connectivity index is 3.03. The van der Waals surface area contributed by atoms with Crippen LogP contribution in [0.3, 0.4) is 0 Å². The highest BCUT2D eigenvalue weighted by atomic mass is 32.2. The average Bonchev–Trinajstić information content (AvgIpc) is 2.35. The van der Waals surface area contributed by atoms with Crippen LogP contribution in [0, 0.1) is 0 Å². The third kappa shape index (κ3) is 3.17. The summed E-state index contributed by atoms with van der Waals surface area (Å²) in [5, 5.41) is 0. The van der Waals surface area contributed by atoms with Gasteiger partial charge in [-0.3, -0.25) is 4.79 Å². The van der Waals surface area contributed by atoms with Gasteiger partial charge in [-0.15, -0.1) is 0 Å². The van der Waals surface area contributed by atoms with Crippen molar-refractivity contribution in [1.29, 1.82) is 0 Å². The number of sulfonamides is 1. The number of hydrogen-bond acceptors (Lipinski definition) is 6. The minimum absolute atomic E-state index is 0.0116. The highest BCUT2D eigenvalue weighted by Gasteiger charge is 2.25. The summed E-state index contributed by atoms with van der Waals surface area (Å²) in [6.07, 6.45) is 1.16. The number of nitrogens with zero attached hydrogens (tertiary/aromatic N) is 2. The van der Waals surface area contributed by atoms with Gasteiger partial charge in [0.15, 0.2) is 0 Å². The molecular weight excluding hydrogens is 258 g/mol. The lowest BCUT2D eigenvalue weighted by atomic mass is 10.5. The standard InChI is InChI=1S/C10H15N3O4S/c1-3-13(7-10(14)17-2)18(15,16)8-4-5-9(11)12-6-8/h4-6H,3,7H2,1-2H3,(H2,11,12). The lowest BCUT2D eigenvalue weighted by molar-refractivity contribution is -0.140. The molecule has 0 aliphatic carbocycles. The van der Waals surface area contributed by atoms with Gasteiger partial charge in [0.1, 0.15) is 17.3 Å². The van der Waals surface area contributed by atoms with Crippen LogP contribution < -0.4 is 5.73 Å². The summed E-state index contributed by atoms with van der Waals surface area (Å²) in [5.41, 5.74) is 5.39. The first-order chi connectivity index (χ1) is 8.41. The SMILES string of the molecule is CCN(CC(=O)OC)S(=O)(=O)c1ccc(N)nc1. The van der Waals surface area contributed by atoms with E-state index in [-0.39, 0.29) is 23.8 Å². The third-order valence-electron chi connectivity index (χ3n) is 2.28. The molecule has 0 fully saturated rings. The Hall–Kier alpha value is -1.67. The van der Waals surface area contributed by atoms with E-state index in [4.69, 9.17) is 5.73 Å². The van der Waals surface area contributed by atoms with Gasteiger partial charge in [0.2, 0.25) is 10.0 Å². The van der Waals surface area contributed by atoms with Gasteiger partial charge < -0.3 is 10.5 Å². The molecule has 0 saturated heterocycles. The number of carbonyl (C=O) groups is 1. The topological polar surface area (TPSA) is 103 Å². The minimum Gasteiger partial charge on any atom is -0.468 e. The number of ether oxygens (including phenoxy) is 1. The maximum Gasteiger partial charge on any atom is 0.321 e. The molecule has 0 saturated carbocycles. The fourth-order valence-electron chi connectivity index (χ4n) is 1.27. The van der Waals surface area contributed by atoms with E-state index in [1.807, 2.05) is 0 Å². The van der Waals surface area contributed by atoms with Crippen molar-refractivity contribution in [1.82, 2.24) is 9.29 Å². The van der Waals surface area contributed by atoms with Crippen molar-refractivity contribution < 1.29 is 17.9 Å². The third-order valence-corrected chi connectivity index (χ3v) is 4.19. The first-order valence-corrected chi connectivity index (χ1v) is 6.64. The molecule has 1 aromatic heterocycles. The normalized spacial score (nSPS) is 11.5. The number of nitrogen functional groups attached to an aromatic ring is 1. The van der Waals surface area contributed by atoms with E-state index in [2.05, 4.69) is 9.72 Å². The number of anilines is 1. The molecule has 7 nitrogen and oxygen atoms in total. The smallest absolute Gasteiger partial charge is 0.321 e. The number of nitrogens with two attached hydrogens (primary N) is 1. The van der Waals surface area contributed by atoms with E-state index in [1.165, 1.54) is 19.2 Å². The second-order valence-electron chi connectivity index (χ2n) is 3.43. The lowest BCUT2D eigenvalue weighted by Crippen LogP contribution is -2.36. The zero-order valence-electron chi connectivity index (χ0n) is 10.2. The van der Waals surface area contributed by atoms with Crippen LogP contribution in [0.2, 0.25) is 0 Å². The number of aromatic nitrogens is 1. The monoisotopic (exact) mass is 273 g/mol. The Bertz CT molecular complexity index is 512. The fraction of sp³-hybridized carbons (Fsp3) is 0.400. The van der Waals surface area contributed by atoms with E-state index in [9.17, 15) is 13.2 Å². The number of pyridine rings is 1. The summed E-state index contributed by atoms with van der Waals surface area (Å²) in [7, 11) is -2.56. The Morgan fingerprint density at radius 1 is 1.50 bits per heavy atom. The molecule has 0 atom stereocenters. The molecule has 1 aromatic rings. The molecule has 1 heterocycles. The van der Waals surface area contributed by atoms with Crippen LogP contribution in [0.4, 0.5) is 5.82 Å². The van der Waals surface area contributed by atoms with Crippen LogP contribution >= 0.6 is 0 Å². The number of likely N-dealkylation sites (N-methyl/N-ethyl adjacent to an activating group) is 1. The van der Waals surface area contributed by atoms with Crippen molar-refractivity contribution in [2.24, 2.45) is 0 Å². The van der Waals surface area contributed by atoms with Gasteiger partial charge in [-0.2, -0.15) is 4.31 Å². The Labute approximate surface area is 106 Å². The first kappa shape index (κ1) is 14.4. The van der Waals surface area contributed by atoms with E-state index >= 15 is 0 Å². The van der Waals surface area contributed by atoms with E-state index in [0.29, 0.717) is 0 Å². The number of hydrogen-bond donors (Lipinski definition) is 1. The number of rotatable bonds is 5. The minimum atomic E-state index is -3.76. The second-order valence-corrected chi connectivity index (χ2v) is 5.36. The molecule has 0 amide bonds. The summed E-state index contributed by atoms with van der Waals surface area (Å²) in [4.78, 5) is 14.9. The molecule has 0 aliphatic rings. The van der Waals surface area contributed by atoms with Crippen LogP contribution in [0.15, 0.2) is 23.2 Å². The molecule has 8 heteroatoms. The molecule has 0 radical (unpaired) electrons. The Kier molecular flexibility index (Phi) is 4.62. The van der Waals surface area contributed by atoms with Gasteiger partial charge in [0.05, 0.1) is 7.11 Å². The molecule has 18 heavy (non-hydrogen) atoms. The number of carbonyl (C=O) groups excluding carboxylic acids is 1. The van der Waals surface area contributed by atoms with Crippen molar-refractivity contribution in [2.75, 3.05) is 25.9 Å². The van der Waals surface area contributed by atoms with E-state index < -0.39 is 16.0 Å². The van der Waals surface area contributed by atoms with Crippen LogP contribution in [0.25, 0.3) is 0 Å². The zero-order valence-corrected chi connectivity index (χ0v) is 11.0. The molecule has 100 valence electrons. The molecule has 0 spiro atoms. The summed E-state index contributed by atoms with van der Waals surface area (Å²) in [5.74, 6) is -0.395. The predicted octanol–water partition coefficient (Wildman–Crippen LogP) is -0.153. The number of methoxy groups -OCH3 is 1. The molecule has 0 bridgehead atoms. The summed E-state index contributed by atoms with van der Waals surface area (Å²) >= 11 is 0. The molecule has 2 N–H and O–H groups in total. The first-order valence-electron chi connectivity index (χ1n) is 5.20. The average molecular weight is 273 g/mol. The molecule has 0 aromatic carbocycles. The van der Waals surface area contributed by atoms with Gasteiger partial charge in [-0.25, -0.2) is 13.4 Å². The molecule has 0 unspecified atom stereocenters. The largest absolute Gasteiger partial charge is 0.468 e. The lowest BCUT2D eigenvalue weighted by Gasteiger charge is -2.18. The predicted molar refractivity (Wildman–Crippen MR) is 65.1 cm³/mol. The zero-order chi connectivity index (χ0) is 13.8. The van der Waals surface area contributed by atoms with E-state index in [0.717, 1.165) is 10.5 Å².